The Morgan fingerprint density at radius 1 is 1.45 bits per heavy atom. The van der Waals surface area contributed by atoms with E-state index < -0.39 is 11.8 Å². The maximum Gasteiger partial charge on any atom is 0.379 e. The molecule has 2 N–H and O–H groups in total. The summed E-state index contributed by atoms with van der Waals surface area (Å²) in [6, 6.07) is 4.75. The highest BCUT2D eigenvalue weighted by molar-refractivity contribution is 6.40. The van der Waals surface area contributed by atoms with Crippen molar-refractivity contribution in [1.29, 1.82) is 5.41 Å². The van der Waals surface area contributed by atoms with Gasteiger partial charge >= 0.3 is 5.97 Å². The zero-order valence-corrected chi connectivity index (χ0v) is 12.6. The van der Waals surface area contributed by atoms with Crippen molar-refractivity contribution in [3.05, 3.63) is 29.3 Å². The van der Waals surface area contributed by atoms with Crippen molar-refractivity contribution in [2.75, 3.05) is 18.5 Å². The summed E-state index contributed by atoms with van der Waals surface area (Å²) < 4.78 is 10.3. The minimum atomic E-state index is -0.880. The van der Waals surface area contributed by atoms with Gasteiger partial charge in [0.25, 0.3) is 5.78 Å². The quantitative estimate of drug-likeness (QED) is 0.364. The fraction of sp³-hybridized carbons (Fsp3) is 0.438. The average Bonchev–Trinajstić information content (AvgIpc) is 2.55. The molecule has 1 aromatic rings. The SMILES string of the molecule is CCOC(=O)C(=O)c1ccc(NC2CCCCO2)c(C=N)c1. The first-order chi connectivity index (χ1) is 10.7. The van der Waals surface area contributed by atoms with Crippen LogP contribution in [0, 0.1) is 5.41 Å². The van der Waals surface area contributed by atoms with Gasteiger partial charge in [-0.1, -0.05) is 0 Å². The highest BCUT2D eigenvalue weighted by Gasteiger charge is 2.19. The van der Waals surface area contributed by atoms with Crippen molar-refractivity contribution in [1.82, 2.24) is 0 Å². The van der Waals surface area contributed by atoms with Crippen LogP contribution in [0.4, 0.5) is 5.69 Å². The van der Waals surface area contributed by atoms with E-state index in [1.165, 1.54) is 6.07 Å². The summed E-state index contributed by atoms with van der Waals surface area (Å²) in [6.07, 6.45) is 4.12. The number of carbonyl (C=O) groups excluding carboxylic acids is 2. The second kappa shape index (κ2) is 7.70. The van der Waals surface area contributed by atoms with Crippen LogP contribution in [0.5, 0.6) is 0 Å². The van der Waals surface area contributed by atoms with Crippen LogP contribution in [0.25, 0.3) is 0 Å². The molecule has 22 heavy (non-hydrogen) atoms. The van der Waals surface area contributed by atoms with Gasteiger partial charge in [0, 0.05) is 29.6 Å². The van der Waals surface area contributed by atoms with E-state index in [1.54, 1.807) is 19.1 Å². The first-order valence-corrected chi connectivity index (χ1v) is 7.39. The summed E-state index contributed by atoms with van der Waals surface area (Å²) in [5, 5.41) is 10.7. The third kappa shape index (κ3) is 3.92. The van der Waals surface area contributed by atoms with Crippen LogP contribution in [0.1, 0.15) is 42.1 Å². The van der Waals surface area contributed by atoms with E-state index in [-0.39, 0.29) is 18.4 Å². The predicted octanol–water partition coefficient (Wildman–Crippen LogP) is 2.37. The lowest BCUT2D eigenvalue weighted by Crippen LogP contribution is -2.27. The number of esters is 1. The molecular formula is C16H20N2O4. The molecular weight excluding hydrogens is 284 g/mol. The number of carbonyl (C=O) groups is 2. The number of ether oxygens (including phenoxy) is 2. The zero-order valence-electron chi connectivity index (χ0n) is 12.6. The molecule has 1 saturated heterocycles. The number of hydrogen-bond donors (Lipinski definition) is 2. The van der Waals surface area contributed by atoms with Crippen molar-refractivity contribution in [3.63, 3.8) is 0 Å². The molecule has 0 spiro atoms. The first kappa shape index (κ1) is 16.2. The van der Waals surface area contributed by atoms with Crippen LogP contribution in [0.3, 0.4) is 0 Å². The summed E-state index contributed by atoms with van der Waals surface area (Å²) in [5.41, 5.74) is 1.46. The minimum Gasteiger partial charge on any atom is -0.460 e. The monoisotopic (exact) mass is 304 g/mol. The molecule has 0 saturated carbocycles. The Balaban J connectivity index is 2.14. The van der Waals surface area contributed by atoms with Gasteiger partial charge in [-0.2, -0.15) is 0 Å². The zero-order chi connectivity index (χ0) is 15.9. The molecule has 1 fully saturated rings. The molecule has 2 rings (SSSR count). The van der Waals surface area contributed by atoms with Crippen molar-refractivity contribution in [3.8, 4) is 0 Å². The maximum absolute atomic E-state index is 11.9. The molecule has 1 aliphatic rings. The Hall–Kier alpha value is -2.21. The fourth-order valence-electron chi connectivity index (χ4n) is 2.30. The van der Waals surface area contributed by atoms with Gasteiger partial charge in [-0.05, 0) is 44.4 Å². The van der Waals surface area contributed by atoms with Crippen LogP contribution in [-0.4, -0.2) is 37.4 Å². The van der Waals surface area contributed by atoms with Gasteiger partial charge in [-0.25, -0.2) is 4.79 Å². The standard InChI is InChI=1S/C16H20N2O4/c1-2-21-16(20)15(19)11-6-7-13(12(9-11)10-17)18-14-5-3-4-8-22-14/h6-7,9-10,14,17-18H,2-5,8H2,1H3. The molecule has 6 heteroatoms. The van der Waals surface area contributed by atoms with E-state index >= 15 is 0 Å². The van der Waals surface area contributed by atoms with Gasteiger partial charge in [0.15, 0.2) is 0 Å². The Morgan fingerprint density at radius 2 is 2.27 bits per heavy atom. The van der Waals surface area contributed by atoms with Crippen LogP contribution in [0.2, 0.25) is 0 Å². The minimum absolute atomic E-state index is 0.0842. The van der Waals surface area contributed by atoms with Gasteiger partial charge in [0.1, 0.15) is 6.23 Å². The van der Waals surface area contributed by atoms with E-state index in [0.717, 1.165) is 32.1 Å². The Morgan fingerprint density at radius 3 is 2.91 bits per heavy atom. The number of anilines is 1. The van der Waals surface area contributed by atoms with Gasteiger partial charge in [-0.3, -0.25) is 4.79 Å². The molecule has 0 aliphatic carbocycles. The van der Waals surface area contributed by atoms with E-state index in [1.807, 2.05) is 0 Å². The van der Waals surface area contributed by atoms with E-state index in [2.05, 4.69) is 5.32 Å². The van der Waals surface area contributed by atoms with E-state index in [9.17, 15) is 9.59 Å². The highest BCUT2D eigenvalue weighted by Crippen LogP contribution is 2.21. The molecule has 0 bridgehead atoms. The van der Waals surface area contributed by atoms with Crippen LogP contribution in [0.15, 0.2) is 18.2 Å². The molecule has 0 amide bonds. The van der Waals surface area contributed by atoms with Crippen molar-refractivity contribution in [2.24, 2.45) is 0 Å². The molecule has 1 atom stereocenters. The molecule has 1 aliphatic heterocycles. The average molecular weight is 304 g/mol. The van der Waals surface area contributed by atoms with E-state index in [0.29, 0.717) is 11.3 Å². The van der Waals surface area contributed by atoms with E-state index in [4.69, 9.17) is 14.9 Å². The third-order valence-corrected chi connectivity index (χ3v) is 3.43. The summed E-state index contributed by atoms with van der Waals surface area (Å²) in [5.74, 6) is -1.58. The van der Waals surface area contributed by atoms with Gasteiger partial charge in [0.05, 0.1) is 6.61 Å². The van der Waals surface area contributed by atoms with Crippen LogP contribution in [-0.2, 0) is 14.3 Å². The Kier molecular flexibility index (Phi) is 5.66. The number of hydrogen-bond acceptors (Lipinski definition) is 6. The predicted molar refractivity (Wildman–Crippen MR) is 82.5 cm³/mol. The lowest BCUT2D eigenvalue weighted by atomic mass is 10.1. The number of benzene rings is 1. The smallest absolute Gasteiger partial charge is 0.379 e. The molecule has 0 aromatic heterocycles. The highest BCUT2D eigenvalue weighted by atomic mass is 16.5. The molecule has 118 valence electrons. The van der Waals surface area contributed by atoms with Crippen LogP contribution >= 0.6 is 0 Å². The lowest BCUT2D eigenvalue weighted by Gasteiger charge is -2.25. The number of ketones is 1. The van der Waals surface area contributed by atoms with Crippen molar-refractivity contribution < 1.29 is 19.1 Å². The topological polar surface area (TPSA) is 88.5 Å². The van der Waals surface area contributed by atoms with Gasteiger partial charge in [-0.15, -0.1) is 0 Å². The second-order valence-electron chi connectivity index (χ2n) is 5.00. The lowest BCUT2D eigenvalue weighted by molar-refractivity contribution is -0.137. The molecule has 0 radical (unpaired) electrons. The first-order valence-electron chi connectivity index (χ1n) is 7.39. The molecule has 1 aromatic carbocycles. The number of Topliss-reactive ketones (excluding diaryl/α,β-unsaturated/α-hetero) is 1. The molecule has 1 unspecified atom stereocenters. The summed E-state index contributed by atoms with van der Waals surface area (Å²) in [7, 11) is 0. The summed E-state index contributed by atoms with van der Waals surface area (Å²) in [6.45, 7) is 2.52. The van der Waals surface area contributed by atoms with Gasteiger partial charge < -0.3 is 20.2 Å². The summed E-state index contributed by atoms with van der Waals surface area (Å²) >= 11 is 0. The summed E-state index contributed by atoms with van der Waals surface area (Å²) in [4.78, 5) is 23.4. The van der Waals surface area contributed by atoms with Gasteiger partial charge in [0.2, 0.25) is 0 Å². The third-order valence-electron chi connectivity index (χ3n) is 3.43. The molecule has 1 heterocycles. The maximum atomic E-state index is 11.9. The Labute approximate surface area is 129 Å². The molecule has 6 nitrogen and oxygen atoms in total. The van der Waals surface area contributed by atoms with Crippen molar-refractivity contribution >= 4 is 23.7 Å². The normalized spacial score (nSPS) is 17.6. The number of nitrogens with one attached hydrogen (secondary N) is 2. The second-order valence-corrected chi connectivity index (χ2v) is 5.00. The van der Waals surface area contributed by atoms with Crippen LogP contribution < -0.4 is 5.32 Å². The fourth-order valence-corrected chi connectivity index (χ4v) is 2.30. The largest absolute Gasteiger partial charge is 0.460 e. The number of rotatable bonds is 6. The van der Waals surface area contributed by atoms with Crippen molar-refractivity contribution in [2.45, 2.75) is 32.4 Å². The Bertz CT molecular complexity index is 565.